The Bertz CT molecular complexity index is 369. The van der Waals surface area contributed by atoms with Crippen LogP contribution in [-0.2, 0) is 6.42 Å². The van der Waals surface area contributed by atoms with Gasteiger partial charge in [0.05, 0.1) is 0 Å². The molecule has 1 atom stereocenters. The summed E-state index contributed by atoms with van der Waals surface area (Å²) in [5, 5.41) is 10.1. The lowest BCUT2D eigenvalue weighted by molar-refractivity contribution is 0.194. The molecule has 1 aromatic rings. The molecule has 1 aliphatic carbocycles. The van der Waals surface area contributed by atoms with Crippen molar-refractivity contribution in [2.45, 2.75) is 45.6 Å². The molecule has 2 nitrogen and oxygen atoms in total. The van der Waals surface area contributed by atoms with E-state index in [2.05, 4.69) is 24.8 Å². The Balaban J connectivity index is 2.24. The van der Waals surface area contributed by atoms with Gasteiger partial charge in [0.2, 0.25) is 0 Å². The Morgan fingerprint density at radius 2 is 1.94 bits per heavy atom. The summed E-state index contributed by atoms with van der Waals surface area (Å²) in [5.74, 6) is 0.488. The number of phenols is 1. The molecule has 0 bridgehead atoms. The number of benzene rings is 1. The van der Waals surface area contributed by atoms with Crippen molar-refractivity contribution >= 4 is 0 Å². The summed E-state index contributed by atoms with van der Waals surface area (Å²) >= 11 is 0. The molecular formula is C15H23NO. The Morgan fingerprint density at radius 3 is 2.59 bits per heavy atom. The molecule has 0 spiro atoms. The van der Waals surface area contributed by atoms with Crippen LogP contribution in [-0.4, -0.2) is 23.1 Å². The number of rotatable bonds is 5. The predicted octanol–water partition coefficient (Wildman–Crippen LogP) is 3.50. The average Bonchev–Trinajstić information content (AvgIpc) is 2.74. The van der Waals surface area contributed by atoms with Gasteiger partial charge in [0.25, 0.3) is 0 Å². The first-order valence-electron chi connectivity index (χ1n) is 6.82. The van der Waals surface area contributed by atoms with Crippen molar-refractivity contribution in [1.82, 2.24) is 4.90 Å². The number of phenolic OH excluding ortho intramolecular Hbond substituents is 1. The second-order valence-corrected chi connectivity index (χ2v) is 4.94. The second-order valence-electron chi connectivity index (χ2n) is 4.94. The summed E-state index contributed by atoms with van der Waals surface area (Å²) in [4.78, 5) is 2.53. The number of aromatic hydroxyl groups is 1. The maximum atomic E-state index is 10.1. The van der Waals surface area contributed by atoms with Crippen molar-refractivity contribution in [3.63, 3.8) is 0 Å². The fraction of sp³-hybridized carbons (Fsp3) is 0.600. The van der Waals surface area contributed by atoms with Crippen molar-refractivity contribution in [2.24, 2.45) is 0 Å². The average molecular weight is 233 g/mol. The molecule has 1 aromatic carbocycles. The SMILES string of the molecule is CCCN(CCC)[C@H]1CCc2cccc(O)c21. The van der Waals surface area contributed by atoms with Gasteiger partial charge in [-0.15, -0.1) is 0 Å². The van der Waals surface area contributed by atoms with Gasteiger partial charge in [-0.1, -0.05) is 26.0 Å². The smallest absolute Gasteiger partial charge is 0.120 e. The quantitative estimate of drug-likeness (QED) is 0.841. The molecular weight excluding hydrogens is 210 g/mol. The topological polar surface area (TPSA) is 23.5 Å². The van der Waals surface area contributed by atoms with E-state index in [1.54, 1.807) is 0 Å². The summed E-state index contributed by atoms with van der Waals surface area (Å²) in [6.07, 6.45) is 4.63. The fourth-order valence-corrected chi connectivity index (χ4v) is 3.00. The van der Waals surface area contributed by atoms with Crippen LogP contribution in [0.3, 0.4) is 0 Å². The van der Waals surface area contributed by atoms with Gasteiger partial charge in [-0.05, 0) is 50.4 Å². The molecule has 17 heavy (non-hydrogen) atoms. The number of aryl methyl sites for hydroxylation is 1. The van der Waals surface area contributed by atoms with Gasteiger partial charge in [0, 0.05) is 11.6 Å². The van der Waals surface area contributed by atoms with Gasteiger partial charge < -0.3 is 5.11 Å². The molecule has 1 aliphatic rings. The molecule has 94 valence electrons. The van der Waals surface area contributed by atoms with Crippen molar-refractivity contribution in [3.8, 4) is 5.75 Å². The second kappa shape index (κ2) is 5.54. The van der Waals surface area contributed by atoms with Crippen LogP contribution in [0.15, 0.2) is 18.2 Å². The highest BCUT2D eigenvalue weighted by Gasteiger charge is 2.29. The van der Waals surface area contributed by atoms with Gasteiger partial charge in [0.15, 0.2) is 0 Å². The van der Waals surface area contributed by atoms with E-state index in [0.717, 1.165) is 25.9 Å². The number of hydrogen-bond donors (Lipinski definition) is 1. The molecule has 0 unspecified atom stereocenters. The minimum atomic E-state index is 0.436. The number of nitrogens with zero attached hydrogens (tertiary/aromatic N) is 1. The maximum absolute atomic E-state index is 10.1. The zero-order valence-corrected chi connectivity index (χ0v) is 10.9. The molecule has 0 amide bonds. The van der Waals surface area contributed by atoms with Crippen molar-refractivity contribution < 1.29 is 5.11 Å². The third-order valence-electron chi connectivity index (χ3n) is 3.66. The largest absolute Gasteiger partial charge is 0.508 e. The molecule has 0 radical (unpaired) electrons. The Hall–Kier alpha value is -1.02. The van der Waals surface area contributed by atoms with Crippen molar-refractivity contribution in [2.75, 3.05) is 13.1 Å². The highest BCUT2D eigenvalue weighted by molar-refractivity contribution is 5.44. The molecule has 0 aromatic heterocycles. The van der Waals surface area contributed by atoms with E-state index in [4.69, 9.17) is 0 Å². The van der Waals surface area contributed by atoms with Gasteiger partial charge >= 0.3 is 0 Å². The summed E-state index contributed by atoms with van der Waals surface area (Å²) in [6.45, 7) is 6.71. The summed E-state index contributed by atoms with van der Waals surface area (Å²) < 4.78 is 0. The molecule has 0 saturated carbocycles. The third kappa shape index (κ3) is 2.47. The lowest BCUT2D eigenvalue weighted by Gasteiger charge is -2.29. The number of hydrogen-bond acceptors (Lipinski definition) is 2. The van der Waals surface area contributed by atoms with Crippen LogP contribution in [0, 0.1) is 0 Å². The van der Waals surface area contributed by atoms with E-state index in [9.17, 15) is 5.11 Å². The van der Waals surface area contributed by atoms with E-state index in [-0.39, 0.29) is 0 Å². The van der Waals surface area contributed by atoms with Crippen LogP contribution in [0.5, 0.6) is 5.75 Å². The van der Waals surface area contributed by atoms with Gasteiger partial charge in [0.1, 0.15) is 5.75 Å². The lowest BCUT2D eigenvalue weighted by Crippen LogP contribution is -2.29. The van der Waals surface area contributed by atoms with E-state index in [0.29, 0.717) is 11.8 Å². The van der Waals surface area contributed by atoms with Crippen molar-refractivity contribution in [1.29, 1.82) is 0 Å². The lowest BCUT2D eigenvalue weighted by atomic mass is 10.0. The fourth-order valence-electron chi connectivity index (χ4n) is 3.00. The Labute approximate surface area is 104 Å². The minimum Gasteiger partial charge on any atom is -0.508 e. The highest BCUT2D eigenvalue weighted by atomic mass is 16.3. The normalized spacial score (nSPS) is 18.6. The zero-order chi connectivity index (χ0) is 12.3. The monoisotopic (exact) mass is 233 g/mol. The molecule has 0 saturated heterocycles. The molecule has 2 rings (SSSR count). The standard InChI is InChI=1S/C15H23NO/c1-3-10-16(11-4-2)13-9-8-12-6-5-7-14(17)15(12)13/h5-7,13,17H,3-4,8-11H2,1-2H3/t13-/m0/s1. The molecule has 2 heteroatoms. The van der Waals surface area contributed by atoms with E-state index < -0.39 is 0 Å². The molecule has 0 heterocycles. The van der Waals surface area contributed by atoms with E-state index in [1.165, 1.54) is 24.0 Å². The van der Waals surface area contributed by atoms with Crippen LogP contribution in [0.1, 0.15) is 50.3 Å². The van der Waals surface area contributed by atoms with Crippen LogP contribution < -0.4 is 0 Å². The predicted molar refractivity (Wildman–Crippen MR) is 71.3 cm³/mol. The third-order valence-corrected chi connectivity index (χ3v) is 3.66. The van der Waals surface area contributed by atoms with Crippen molar-refractivity contribution in [3.05, 3.63) is 29.3 Å². The van der Waals surface area contributed by atoms with Gasteiger partial charge in [-0.25, -0.2) is 0 Å². The van der Waals surface area contributed by atoms with Gasteiger partial charge in [-0.2, -0.15) is 0 Å². The van der Waals surface area contributed by atoms with Crippen LogP contribution in [0.2, 0.25) is 0 Å². The van der Waals surface area contributed by atoms with Crippen LogP contribution in [0.4, 0.5) is 0 Å². The number of fused-ring (bicyclic) bond motifs is 1. The van der Waals surface area contributed by atoms with Crippen LogP contribution >= 0.6 is 0 Å². The molecule has 1 N–H and O–H groups in total. The first-order chi connectivity index (χ1) is 8.27. The molecule has 0 fully saturated rings. The highest BCUT2D eigenvalue weighted by Crippen LogP contribution is 2.40. The summed E-state index contributed by atoms with van der Waals surface area (Å²) in [7, 11) is 0. The van der Waals surface area contributed by atoms with Crippen LogP contribution in [0.25, 0.3) is 0 Å². The van der Waals surface area contributed by atoms with Gasteiger partial charge in [-0.3, -0.25) is 4.90 Å². The van der Waals surface area contributed by atoms with E-state index in [1.807, 2.05) is 12.1 Å². The minimum absolute atomic E-state index is 0.436. The zero-order valence-electron chi connectivity index (χ0n) is 10.9. The first-order valence-corrected chi connectivity index (χ1v) is 6.82. The Kier molecular flexibility index (Phi) is 4.06. The molecule has 0 aliphatic heterocycles. The summed E-state index contributed by atoms with van der Waals surface area (Å²) in [5.41, 5.74) is 2.53. The first kappa shape index (κ1) is 12.4. The maximum Gasteiger partial charge on any atom is 0.120 e. The van der Waals surface area contributed by atoms with E-state index >= 15 is 0 Å². The Morgan fingerprint density at radius 1 is 1.24 bits per heavy atom. The summed E-state index contributed by atoms with van der Waals surface area (Å²) in [6, 6.07) is 6.38.